The molecule has 2 aromatic carbocycles. The van der Waals surface area contributed by atoms with Crippen molar-refractivity contribution >= 4 is 11.9 Å². The Labute approximate surface area is 181 Å². The van der Waals surface area contributed by atoms with Gasteiger partial charge in [0.1, 0.15) is 24.7 Å². The summed E-state index contributed by atoms with van der Waals surface area (Å²) in [7, 11) is 1.47. The molecule has 0 saturated heterocycles. The Morgan fingerprint density at radius 2 is 1.71 bits per heavy atom. The van der Waals surface area contributed by atoms with E-state index in [2.05, 4.69) is 11.9 Å². The SMILES string of the molecule is C=CCOc1ccc(C(=O)OCC(=O)NCCOc2ccc(OCC)cc2)cc1OC. The minimum atomic E-state index is -0.644. The Morgan fingerprint density at radius 3 is 2.35 bits per heavy atom. The lowest BCUT2D eigenvalue weighted by Gasteiger charge is -2.11. The summed E-state index contributed by atoms with van der Waals surface area (Å²) < 4.78 is 26.6. The molecule has 2 rings (SSSR count). The average molecular weight is 429 g/mol. The van der Waals surface area contributed by atoms with E-state index in [4.69, 9.17) is 23.7 Å². The number of benzene rings is 2. The second-order valence-electron chi connectivity index (χ2n) is 6.14. The normalized spacial score (nSPS) is 10.0. The lowest BCUT2D eigenvalue weighted by atomic mass is 10.2. The topological polar surface area (TPSA) is 92.3 Å². The van der Waals surface area contributed by atoms with Crippen molar-refractivity contribution in [3.05, 3.63) is 60.7 Å². The third kappa shape index (κ3) is 7.93. The third-order valence-electron chi connectivity index (χ3n) is 3.92. The predicted octanol–water partition coefficient (Wildman–Crippen LogP) is 3.01. The van der Waals surface area contributed by atoms with Crippen LogP contribution in [0.25, 0.3) is 0 Å². The van der Waals surface area contributed by atoms with Gasteiger partial charge in [0.2, 0.25) is 0 Å². The fourth-order valence-corrected chi connectivity index (χ4v) is 2.49. The van der Waals surface area contributed by atoms with Gasteiger partial charge in [0.15, 0.2) is 18.1 Å². The molecule has 166 valence electrons. The van der Waals surface area contributed by atoms with E-state index in [1.54, 1.807) is 24.3 Å². The summed E-state index contributed by atoms with van der Waals surface area (Å²) in [5.74, 6) is 1.22. The van der Waals surface area contributed by atoms with E-state index in [0.717, 1.165) is 5.75 Å². The number of nitrogens with one attached hydrogen (secondary N) is 1. The van der Waals surface area contributed by atoms with Crippen molar-refractivity contribution in [2.75, 3.05) is 40.1 Å². The maximum atomic E-state index is 12.2. The average Bonchev–Trinajstić information content (AvgIpc) is 2.80. The van der Waals surface area contributed by atoms with Crippen molar-refractivity contribution in [3.8, 4) is 23.0 Å². The molecule has 0 unspecified atom stereocenters. The van der Waals surface area contributed by atoms with Crippen molar-refractivity contribution in [1.82, 2.24) is 5.32 Å². The van der Waals surface area contributed by atoms with Gasteiger partial charge in [0, 0.05) is 0 Å². The van der Waals surface area contributed by atoms with Crippen LogP contribution in [0.2, 0.25) is 0 Å². The van der Waals surface area contributed by atoms with E-state index >= 15 is 0 Å². The van der Waals surface area contributed by atoms with Crippen LogP contribution in [0.3, 0.4) is 0 Å². The molecule has 0 atom stereocenters. The zero-order chi connectivity index (χ0) is 22.5. The molecule has 0 radical (unpaired) electrons. The Morgan fingerprint density at radius 1 is 1.00 bits per heavy atom. The van der Waals surface area contributed by atoms with Crippen LogP contribution >= 0.6 is 0 Å². The van der Waals surface area contributed by atoms with Gasteiger partial charge in [-0.2, -0.15) is 0 Å². The van der Waals surface area contributed by atoms with E-state index in [0.29, 0.717) is 30.5 Å². The van der Waals surface area contributed by atoms with Crippen molar-refractivity contribution < 1.29 is 33.3 Å². The zero-order valence-electron chi connectivity index (χ0n) is 17.7. The molecular weight excluding hydrogens is 402 g/mol. The molecule has 0 aliphatic heterocycles. The predicted molar refractivity (Wildman–Crippen MR) is 115 cm³/mol. The van der Waals surface area contributed by atoms with Crippen LogP contribution in [-0.2, 0) is 9.53 Å². The minimum absolute atomic E-state index is 0.245. The standard InChI is InChI=1S/C23H27NO7/c1-4-13-30-20-11-6-17(15-21(20)27-3)23(26)31-16-22(25)24-12-14-29-19-9-7-18(8-10-19)28-5-2/h4,6-11,15H,1,5,12-14,16H2,2-3H3,(H,24,25). The third-order valence-corrected chi connectivity index (χ3v) is 3.92. The van der Waals surface area contributed by atoms with Crippen molar-refractivity contribution in [3.63, 3.8) is 0 Å². The number of methoxy groups -OCH3 is 1. The first-order chi connectivity index (χ1) is 15.1. The van der Waals surface area contributed by atoms with E-state index < -0.39 is 18.5 Å². The van der Waals surface area contributed by atoms with Gasteiger partial charge in [-0.15, -0.1) is 0 Å². The summed E-state index contributed by atoms with van der Waals surface area (Å²) >= 11 is 0. The monoisotopic (exact) mass is 429 g/mol. The van der Waals surface area contributed by atoms with Crippen LogP contribution in [0.4, 0.5) is 0 Å². The smallest absolute Gasteiger partial charge is 0.338 e. The number of hydrogen-bond acceptors (Lipinski definition) is 7. The van der Waals surface area contributed by atoms with E-state index in [1.807, 2.05) is 19.1 Å². The van der Waals surface area contributed by atoms with Crippen LogP contribution in [0.15, 0.2) is 55.1 Å². The van der Waals surface area contributed by atoms with E-state index in [9.17, 15) is 9.59 Å². The largest absolute Gasteiger partial charge is 0.494 e. The Bertz CT molecular complexity index is 865. The summed E-state index contributed by atoms with van der Waals surface area (Å²) in [4.78, 5) is 24.1. The second kappa shape index (κ2) is 12.8. The molecule has 0 aliphatic rings. The lowest BCUT2D eigenvalue weighted by Crippen LogP contribution is -2.32. The number of rotatable bonds is 13. The number of amides is 1. The van der Waals surface area contributed by atoms with Gasteiger partial charge in [-0.3, -0.25) is 4.79 Å². The molecule has 1 N–H and O–H groups in total. The highest BCUT2D eigenvalue weighted by molar-refractivity contribution is 5.92. The van der Waals surface area contributed by atoms with Gasteiger partial charge in [0.05, 0.1) is 25.8 Å². The molecule has 2 aromatic rings. The highest BCUT2D eigenvalue weighted by Gasteiger charge is 2.14. The quantitative estimate of drug-likeness (QED) is 0.297. The van der Waals surface area contributed by atoms with Gasteiger partial charge >= 0.3 is 5.97 Å². The highest BCUT2D eigenvalue weighted by Crippen LogP contribution is 2.28. The molecule has 1 amide bonds. The molecule has 8 nitrogen and oxygen atoms in total. The summed E-state index contributed by atoms with van der Waals surface area (Å²) in [6.45, 7) is 6.54. The van der Waals surface area contributed by atoms with Crippen LogP contribution in [0, 0.1) is 0 Å². The minimum Gasteiger partial charge on any atom is -0.494 e. The number of ether oxygens (including phenoxy) is 5. The highest BCUT2D eigenvalue weighted by atomic mass is 16.5. The molecule has 0 saturated carbocycles. The first-order valence-corrected chi connectivity index (χ1v) is 9.78. The van der Waals surface area contributed by atoms with Crippen molar-refractivity contribution in [1.29, 1.82) is 0 Å². The van der Waals surface area contributed by atoms with Gasteiger partial charge < -0.3 is 29.0 Å². The van der Waals surface area contributed by atoms with Crippen LogP contribution in [0.5, 0.6) is 23.0 Å². The second-order valence-corrected chi connectivity index (χ2v) is 6.14. The summed E-state index contributed by atoms with van der Waals surface area (Å²) in [6.07, 6.45) is 1.60. The van der Waals surface area contributed by atoms with Crippen molar-refractivity contribution in [2.45, 2.75) is 6.92 Å². The molecule has 0 aromatic heterocycles. The molecule has 8 heteroatoms. The maximum absolute atomic E-state index is 12.2. The first kappa shape index (κ1) is 23.6. The van der Waals surface area contributed by atoms with Crippen molar-refractivity contribution in [2.24, 2.45) is 0 Å². The Kier molecular flexibility index (Phi) is 9.74. The number of hydrogen-bond donors (Lipinski definition) is 1. The van der Waals surface area contributed by atoms with Gasteiger partial charge in [-0.05, 0) is 49.4 Å². The summed E-state index contributed by atoms with van der Waals surface area (Å²) in [6, 6.07) is 11.8. The van der Waals surface area contributed by atoms with Gasteiger partial charge in [-0.1, -0.05) is 12.7 Å². The van der Waals surface area contributed by atoms with Crippen LogP contribution in [-0.4, -0.2) is 52.0 Å². The summed E-state index contributed by atoms with van der Waals surface area (Å²) in [5, 5.41) is 2.63. The van der Waals surface area contributed by atoms with Crippen LogP contribution < -0.4 is 24.3 Å². The molecular formula is C23H27NO7. The van der Waals surface area contributed by atoms with Gasteiger partial charge in [-0.25, -0.2) is 4.79 Å². The zero-order valence-corrected chi connectivity index (χ0v) is 17.7. The fraction of sp³-hybridized carbons (Fsp3) is 0.304. The Balaban J connectivity index is 1.71. The first-order valence-electron chi connectivity index (χ1n) is 9.78. The molecule has 0 spiro atoms. The molecule has 0 heterocycles. The fourth-order valence-electron chi connectivity index (χ4n) is 2.49. The van der Waals surface area contributed by atoms with E-state index in [-0.39, 0.29) is 18.7 Å². The van der Waals surface area contributed by atoms with E-state index in [1.165, 1.54) is 19.2 Å². The molecule has 0 aliphatic carbocycles. The van der Waals surface area contributed by atoms with Gasteiger partial charge in [0.25, 0.3) is 5.91 Å². The lowest BCUT2D eigenvalue weighted by molar-refractivity contribution is -0.124. The number of carbonyl (C=O) groups is 2. The molecule has 0 bridgehead atoms. The molecule has 0 fully saturated rings. The van der Waals surface area contributed by atoms with Crippen LogP contribution in [0.1, 0.15) is 17.3 Å². The number of carbonyl (C=O) groups excluding carboxylic acids is 2. The Hall–Kier alpha value is -3.68. The maximum Gasteiger partial charge on any atom is 0.338 e. The number of esters is 1. The molecule has 31 heavy (non-hydrogen) atoms. The summed E-state index contributed by atoms with van der Waals surface area (Å²) in [5.41, 5.74) is 0.245.